The lowest BCUT2D eigenvalue weighted by Gasteiger charge is -2.46. The van der Waals surface area contributed by atoms with Crippen LogP contribution in [-0.4, -0.2) is 57.0 Å². The van der Waals surface area contributed by atoms with Crippen LogP contribution in [0.15, 0.2) is 59.1 Å². The standard InChI is InChI=1S/C28H33N3O4S/c1-15-24-23(16(2)32)27(33)31(24)25(28(34)35)26(15)36-22-12-21(30-14-22)11-17-3-7-19(8-4-17)20-9-5-18(13-29)6-10-20/h3-10,15-16,21-24,30,32H,11-14,29H2,1-2H3,(H,34,35)/t15-,16-,21-,22+,23-,24-/m1/s1. The molecule has 2 saturated heterocycles. The van der Waals surface area contributed by atoms with Crippen molar-refractivity contribution in [1.82, 2.24) is 10.2 Å². The molecule has 0 bridgehead atoms. The van der Waals surface area contributed by atoms with E-state index in [-0.39, 0.29) is 28.8 Å². The zero-order valence-electron chi connectivity index (χ0n) is 20.6. The van der Waals surface area contributed by atoms with Gasteiger partial charge in [0.05, 0.1) is 18.1 Å². The van der Waals surface area contributed by atoms with E-state index in [1.54, 1.807) is 18.7 Å². The minimum Gasteiger partial charge on any atom is -0.477 e. The van der Waals surface area contributed by atoms with E-state index in [1.165, 1.54) is 21.6 Å². The minimum absolute atomic E-state index is 0.0936. The third-order valence-corrected chi connectivity index (χ3v) is 9.26. The summed E-state index contributed by atoms with van der Waals surface area (Å²) in [5.74, 6) is -1.96. The number of aliphatic carboxylic acids is 1. The van der Waals surface area contributed by atoms with E-state index in [0.29, 0.717) is 12.6 Å². The Kier molecular flexibility index (Phi) is 6.96. The number of thioether (sulfide) groups is 1. The van der Waals surface area contributed by atoms with Crippen LogP contribution < -0.4 is 11.1 Å². The third kappa shape index (κ3) is 4.47. The summed E-state index contributed by atoms with van der Waals surface area (Å²) in [6, 6.07) is 17.0. The number of hydrogen-bond donors (Lipinski definition) is 4. The fourth-order valence-electron chi connectivity index (χ4n) is 5.84. The molecular formula is C28H33N3O4S. The van der Waals surface area contributed by atoms with Crippen LogP contribution in [0.2, 0.25) is 0 Å². The van der Waals surface area contributed by atoms with Gasteiger partial charge >= 0.3 is 5.97 Å². The van der Waals surface area contributed by atoms with Gasteiger partial charge in [0.15, 0.2) is 0 Å². The Balaban J connectivity index is 1.22. The summed E-state index contributed by atoms with van der Waals surface area (Å²) in [7, 11) is 0. The van der Waals surface area contributed by atoms with Crippen molar-refractivity contribution < 1.29 is 19.8 Å². The SMILES string of the molecule is C[C@@H](O)[C@H]1C(=O)N2C(C(=O)O)=C(S[C@@H]3CN[C@H](Cc4ccc(-c5ccc(CN)cc5)cc4)C3)[C@H](C)[C@H]12. The average Bonchev–Trinajstić information content (AvgIpc) is 3.40. The van der Waals surface area contributed by atoms with Crippen molar-refractivity contribution in [1.29, 1.82) is 0 Å². The first-order valence-electron chi connectivity index (χ1n) is 12.6. The van der Waals surface area contributed by atoms with Gasteiger partial charge in [-0.15, -0.1) is 11.8 Å². The number of nitrogens with two attached hydrogens (primary N) is 1. The summed E-state index contributed by atoms with van der Waals surface area (Å²) < 4.78 is 0. The number of rotatable bonds is 8. The molecule has 7 nitrogen and oxygen atoms in total. The number of nitrogens with one attached hydrogen (secondary N) is 1. The summed E-state index contributed by atoms with van der Waals surface area (Å²) in [5, 5.41) is 23.7. The number of carboxylic acids is 1. The fourth-order valence-corrected chi connectivity index (χ4v) is 7.36. The largest absolute Gasteiger partial charge is 0.477 e. The monoisotopic (exact) mass is 507 g/mol. The topological polar surface area (TPSA) is 116 Å². The molecule has 5 rings (SSSR count). The Labute approximate surface area is 215 Å². The van der Waals surface area contributed by atoms with Crippen LogP contribution in [0.25, 0.3) is 11.1 Å². The van der Waals surface area contributed by atoms with Crippen LogP contribution in [0.3, 0.4) is 0 Å². The highest BCUT2D eigenvalue weighted by atomic mass is 32.2. The number of benzene rings is 2. The molecule has 2 fully saturated rings. The van der Waals surface area contributed by atoms with Gasteiger partial charge in [0.2, 0.25) is 5.91 Å². The van der Waals surface area contributed by atoms with E-state index in [2.05, 4.69) is 53.8 Å². The number of carboxylic acid groups (broad SMARTS) is 1. The molecule has 6 atom stereocenters. The number of amides is 1. The van der Waals surface area contributed by atoms with Crippen LogP contribution in [0.1, 0.15) is 31.4 Å². The Morgan fingerprint density at radius 1 is 1.14 bits per heavy atom. The summed E-state index contributed by atoms with van der Waals surface area (Å²) in [6.07, 6.45) is 1.05. The number of carbonyl (C=O) groups excluding carboxylic acids is 1. The summed E-state index contributed by atoms with van der Waals surface area (Å²) in [5.41, 5.74) is 10.5. The molecule has 0 radical (unpaired) electrons. The van der Waals surface area contributed by atoms with E-state index < -0.39 is 18.0 Å². The van der Waals surface area contributed by atoms with Gasteiger partial charge < -0.3 is 26.2 Å². The number of hydrogen-bond acceptors (Lipinski definition) is 6. The highest BCUT2D eigenvalue weighted by Crippen LogP contribution is 2.51. The predicted octanol–water partition coefficient (Wildman–Crippen LogP) is 2.97. The maximum Gasteiger partial charge on any atom is 0.353 e. The zero-order chi connectivity index (χ0) is 25.6. The molecule has 2 aromatic carbocycles. The van der Waals surface area contributed by atoms with Gasteiger partial charge in [-0.25, -0.2) is 4.79 Å². The average molecular weight is 508 g/mol. The molecule has 0 spiro atoms. The molecule has 3 aliphatic heterocycles. The lowest BCUT2D eigenvalue weighted by Crippen LogP contribution is -2.63. The van der Waals surface area contributed by atoms with Crippen LogP contribution >= 0.6 is 11.8 Å². The number of aliphatic hydroxyl groups is 1. The van der Waals surface area contributed by atoms with Crippen molar-refractivity contribution in [2.24, 2.45) is 17.6 Å². The normalized spacial score (nSPS) is 28.3. The second-order valence-corrected chi connectivity index (χ2v) is 11.5. The molecular weight excluding hydrogens is 474 g/mol. The summed E-state index contributed by atoms with van der Waals surface area (Å²) in [6.45, 7) is 4.92. The van der Waals surface area contributed by atoms with Crippen LogP contribution in [-0.2, 0) is 22.6 Å². The highest BCUT2D eigenvalue weighted by Gasteiger charge is 2.60. The first-order valence-corrected chi connectivity index (χ1v) is 13.4. The number of aliphatic hydroxyl groups excluding tert-OH is 1. The van der Waals surface area contributed by atoms with E-state index in [9.17, 15) is 19.8 Å². The maximum absolute atomic E-state index is 12.6. The number of fused-ring (bicyclic) bond motifs is 1. The number of carbonyl (C=O) groups is 2. The second-order valence-electron chi connectivity index (χ2n) is 10.2. The molecule has 3 aliphatic rings. The number of nitrogens with zero attached hydrogens (tertiary/aromatic N) is 1. The van der Waals surface area contributed by atoms with Crippen molar-refractivity contribution in [2.75, 3.05) is 6.54 Å². The van der Waals surface area contributed by atoms with Crippen LogP contribution in [0.5, 0.6) is 0 Å². The smallest absolute Gasteiger partial charge is 0.353 e. The van der Waals surface area contributed by atoms with Crippen molar-refractivity contribution in [3.8, 4) is 11.1 Å². The van der Waals surface area contributed by atoms with Gasteiger partial charge in [-0.2, -0.15) is 0 Å². The first-order chi connectivity index (χ1) is 17.3. The van der Waals surface area contributed by atoms with Gasteiger partial charge in [0, 0.05) is 35.2 Å². The molecule has 190 valence electrons. The molecule has 0 aliphatic carbocycles. The lowest BCUT2D eigenvalue weighted by atomic mass is 9.79. The molecule has 8 heteroatoms. The molecule has 2 aromatic rings. The molecule has 1 amide bonds. The predicted molar refractivity (Wildman–Crippen MR) is 141 cm³/mol. The summed E-state index contributed by atoms with van der Waals surface area (Å²) >= 11 is 1.59. The van der Waals surface area contributed by atoms with E-state index >= 15 is 0 Å². The van der Waals surface area contributed by atoms with Gasteiger partial charge in [0.1, 0.15) is 5.70 Å². The van der Waals surface area contributed by atoms with Crippen molar-refractivity contribution in [3.63, 3.8) is 0 Å². The molecule has 0 saturated carbocycles. The highest BCUT2D eigenvalue weighted by molar-refractivity contribution is 8.03. The second kappa shape index (κ2) is 10.0. The molecule has 5 N–H and O–H groups in total. The van der Waals surface area contributed by atoms with E-state index in [4.69, 9.17) is 5.73 Å². The van der Waals surface area contributed by atoms with Crippen molar-refractivity contribution in [3.05, 3.63) is 70.3 Å². The van der Waals surface area contributed by atoms with E-state index in [0.717, 1.165) is 29.9 Å². The minimum atomic E-state index is -1.07. The quantitative estimate of drug-likeness (QED) is 0.406. The van der Waals surface area contributed by atoms with Crippen molar-refractivity contribution >= 4 is 23.6 Å². The lowest BCUT2D eigenvalue weighted by molar-refractivity contribution is -0.163. The Morgan fingerprint density at radius 3 is 2.31 bits per heavy atom. The Bertz CT molecular complexity index is 1180. The van der Waals surface area contributed by atoms with Crippen molar-refractivity contribution in [2.45, 2.75) is 56.7 Å². The first kappa shape index (κ1) is 25.0. The van der Waals surface area contributed by atoms with Gasteiger partial charge in [-0.1, -0.05) is 55.5 Å². The molecule has 36 heavy (non-hydrogen) atoms. The Morgan fingerprint density at radius 2 is 1.75 bits per heavy atom. The maximum atomic E-state index is 12.6. The molecule has 0 unspecified atom stereocenters. The van der Waals surface area contributed by atoms with Gasteiger partial charge in [0.25, 0.3) is 0 Å². The Hall–Kier alpha value is -2.65. The van der Waals surface area contributed by atoms with Gasteiger partial charge in [-0.05, 0) is 42.0 Å². The third-order valence-electron chi connectivity index (χ3n) is 7.75. The summed E-state index contributed by atoms with van der Waals surface area (Å²) in [4.78, 5) is 26.8. The van der Waals surface area contributed by atoms with Gasteiger partial charge in [-0.3, -0.25) is 4.79 Å². The van der Waals surface area contributed by atoms with E-state index in [1.807, 2.05) is 6.92 Å². The fraction of sp³-hybridized carbons (Fsp3) is 0.429. The van der Waals surface area contributed by atoms with Crippen LogP contribution in [0, 0.1) is 11.8 Å². The molecule has 0 aromatic heterocycles. The number of β-lactam (4-membered cyclic amide) rings is 1. The van der Waals surface area contributed by atoms with Crippen LogP contribution in [0.4, 0.5) is 0 Å². The molecule has 3 heterocycles. The zero-order valence-corrected chi connectivity index (χ0v) is 21.4.